The Kier molecular flexibility index (Phi) is 4.85. The van der Waals surface area contributed by atoms with Gasteiger partial charge in [-0.15, -0.1) is 0 Å². The number of rotatable bonds is 5. The number of nitrogens with zero attached hydrogens (tertiary/aromatic N) is 1. The number of carboxylic acids is 1. The molecule has 0 heterocycles. The Morgan fingerprint density at radius 3 is 2.33 bits per heavy atom. The second-order valence-corrected chi connectivity index (χ2v) is 3.42. The summed E-state index contributed by atoms with van der Waals surface area (Å²) in [6.07, 6.45) is -0.0508. The Bertz CT molecular complexity index is 147. The zero-order valence-electron chi connectivity index (χ0n) is 7.82. The van der Waals surface area contributed by atoms with Crippen molar-refractivity contribution in [1.82, 2.24) is 4.90 Å². The van der Waals surface area contributed by atoms with Crippen molar-refractivity contribution in [2.75, 3.05) is 13.6 Å². The first-order chi connectivity index (χ1) is 5.43. The molecule has 0 aliphatic rings. The quantitative estimate of drug-likeness (QED) is 0.592. The molecule has 0 aliphatic carbocycles. The van der Waals surface area contributed by atoms with Crippen molar-refractivity contribution in [2.45, 2.75) is 26.5 Å². The molecule has 0 aromatic rings. The molecule has 4 heteroatoms. The van der Waals surface area contributed by atoms with Gasteiger partial charge in [0, 0.05) is 0 Å². The molecule has 1 unspecified atom stereocenters. The predicted octanol–water partition coefficient (Wildman–Crippen LogP) is 0.367. The minimum Gasteiger partial charge on any atom is -0.480 e. The molecule has 72 valence electrons. The van der Waals surface area contributed by atoms with Crippen molar-refractivity contribution >= 4 is 5.97 Å². The lowest BCUT2D eigenvalue weighted by Crippen LogP contribution is -2.36. The molecule has 0 radical (unpaired) electrons. The van der Waals surface area contributed by atoms with E-state index in [0.717, 1.165) is 0 Å². The summed E-state index contributed by atoms with van der Waals surface area (Å²) in [6, 6.07) is 0. The van der Waals surface area contributed by atoms with E-state index >= 15 is 0 Å². The summed E-state index contributed by atoms with van der Waals surface area (Å²) >= 11 is 0. The first-order valence-electron chi connectivity index (χ1n) is 4.03. The number of hydrogen-bond acceptors (Lipinski definition) is 3. The maximum atomic E-state index is 10.2. The normalized spacial score (nSPS) is 13.8. The van der Waals surface area contributed by atoms with E-state index in [1.807, 2.05) is 13.8 Å². The summed E-state index contributed by atoms with van der Waals surface area (Å²) in [5, 5.41) is 17.8. The van der Waals surface area contributed by atoms with Crippen LogP contribution in [0.1, 0.15) is 20.3 Å². The number of carbonyl (C=O) groups is 1. The average molecular weight is 175 g/mol. The van der Waals surface area contributed by atoms with E-state index in [0.29, 0.717) is 12.3 Å². The van der Waals surface area contributed by atoms with Gasteiger partial charge in [0.25, 0.3) is 0 Å². The van der Waals surface area contributed by atoms with E-state index in [1.165, 1.54) is 4.90 Å². The van der Waals surface area contributed by atoms with Crippen LogP contribution in [0.4, 0.5) is 0 Å². The van der Waals surface area contributed by atoms with Crippen LogP contribution in [0.15, 0.2) is 0 Å². The molecule has 0 fully saturated rings. The Balaban J connectivity index is 3.76. The molecule has 0 saturated heterocycles. The fraction of sp³-hybridized carbons (Fsp3) is 0.875. The van der Waals surface area contributed by atoms with Gasteiger partial charge in [-0.25, -0.2) is 0 Å². The van der Waals surface area contributed by atoms with Crippen molar-refractivity contribution in [2.24, 2.45) is 5.92 Å². The molecule has 0 aromatic heterocycles. The van der Waals surface area contributed by atoms with Crippen molar-refractivity contribution in [3.8, 4) is 0 Å². The van der Waals surface area contributed by atoms with Gasteiger partial charge in [0.2, 0.25) is 0 Å². The Morgan fingerprint density at radius 1 is 1.50 bits per heavy atom. The number of likely N-dealkylation sites (N-methyl/N-ethyl adjacent to an activating group) is 1. The summed E-state index contributed by atoms with van der Waals surface area (Å²) in [5.41, 5.74) is 0. The van der Waals surface area contributed by atoms with Crippen molar-refractivity contribution in [1.29, 1.82) is 0 Å². The van der Waals surface area contributed by atoms with Crippen LogP contribution < -0.4 is 0 Å². The molecule has 0 saturated carbocycles. The third-order valence-electron chi connectivity index (χ3n) is 1.58. The van der Waals surface area contributed by atoms with E-state index in [2.05, 4.69) is 0 Å². The fourth-order valence-electron chi connectivity index (χ4n) is 0.920. The first kappa shape index (κ1) is 11.4. The van der Waals surface area contributed by atoms with Gasteiger partial charge in [0.1, 0.15) is 6.23 Å². The molecule has 2 N–H and O–H groups in total. The van der Waals surface area contributed by atoms with Gasteiger partial charge in [-0.05, 0) is 19.4 Å². The van der Waals surface area contributed by atoms with Gasteiger partial charge < -0.3 is 10.2 Å². The lowest BCUT2D eigenvalue weighted by atomic mass is 10.1. The maximum Gasteiger partial charge on any atom is 0.317 e. The highest BCUT2D eigenvalue weighted by molar-refractivity contribution is 5.69. The van der Waals surface area contributed by atoms with Crippen LogP contribution in [-0.4, -0.2) is 40.9 Å². The van der Waals surface area contributed by atoms with Crippen LogP contribution in [-0.2, 0) is 4.79 Å². The minimum atomic E-state index is -0.916. The highest BCUT2D eigenvalue weighted by atomic mass is 16.4. The number of aliphatic hydroxyl groups is 1. The molecular formula is C8H17NO3. The zero-order chi connectivity index (χ0) is 9.72. The van der Waals surface area contributed by atoms with E-state index < -0.39 is 12.2 Å². The van der Waals surface area contributed by atoms with Crippen LogP contribution in [0, 0.1) is 5.92 Å². The summed E-state index contributed by atoms with van der Waals surface area (Å²) in [7, 11) is 1.60. The van der Waals surface area contributed by atoms with Crippen molar-refractivity contribution < 1.29 is 15.0 Å². The van der Waals surface area contributed by atoms with E-state index in [4.69, 9.17) is 5.11 Å². The number of aliphatic hydroxyl groups excluding tert-OH is 1. The third-order valence-corrected chi connectivity index (χ3v) is 1.58. The molecule has 0 spiro atoms. The molecule has 1 atom stereocenters. The van der Waals surface area contributed by atoms with Crippen LogP contribution in [0.5, 0.6) is 0 Å². The molecule has 12 heavy (non-hydrogen) atoms. The van der Waals surface area contributed by atoms with Crippen LogP contribution in [0.25, 0.3) is 0 Å². The lowest BCUT2D eigenvalue weighted by molar-refractivity contribution is -0.140. The van der Waals surface area contributed by atoms with Crippen molar-refractivity contribution in [3.05, 3.63) is 0 Å². The summed E-state index contributed by atoms with van der Waals surface area (Å²) in [4.78, 5) is 11.7. The Labute approximate surface area is 72.8 Å². The second-order valence-electron chi connectivity index (χ2n) is 3.42. The summed E-state index contributed by atoms with van der Waals surface area (Å²) in [5.74, 6) is -0.545. The van der Waals surface area contributed by atoms with Gasteiger partial charge in [-0.2, -0.15) is 0 Å². The number of carboxylic acid groups (broad SMARTS) is 1. The van der Waals surface area contributed by atoms with Crippen molar-refractivity contribution in [3.63, 3.8) is 0 Å². The highest BCUT2D eigenvalue weighted by Crippen LogP contribution is 2.06. The van der Waals surface area contributed by atoms with Crippen LogP contribution in [0.2, 0.25) is 0 Å². The lowest BCUT2D eigenvalue weighted by Gasteiger charge is -2.22. The average Bonchev–Trinajstić information content (AvgIpc) is 1.84. The third kappa shape index (κ3) is 5.09. The largest absolute Gasteiger partial charge is 0.480 e. The summed E-state index contributed by atoms with van der Waals surface area (Å²) in [6.45, 7) is 3.85. The smallest absolute Gasteiger partial charge is 0.317 e. The zero-order valence-corrected chi connectivity index (χ0v) is 7.82. The van der Waals surface area contributed by atoms with Gasteiger partial charge in [-0.1, -0.05) is 13.8 Å². The van der Waals surface area contributed by atoms with Gasteiger partial charge in [0.15, 0.2) is 0 Å². The van der Waals surface area contributed by atoms with Gasteiger partial charge >= 0.3 is 5.97 Å². The molecule has 0 bridgehead atoms. The van der Waals surface area contributed by atoms with Gasteiger partial charge in [-0.3, -0.25) is 9.69 Å². The van der Waals surface area contributed by atoms with Crippen LogP contribution >= 0.6 is 0 Å². The Hall–Kier alpha value is -0.610. The minimum absolute atomic E-state index is 0.117. The number of aliphatic carboxylic acids is 1. The fourth-order valence-corrected chi connectivity index (χ4v) is 0.920. The standard InChI is InChI=1S/C8H17NO3/c1-6(2)4-7(10)9(3)5-8(11)12/h6-7,10H,4-5H2,1-3H3,(H,11,12). The SMILES string of the molecule is CC(C)CC(O)N(C)CC(=O)O. The molecule has 4 nitrogen and oxygen atoms in total. The van der Waals surface area contributed by atoms with E-state index in [1.54, 1.807) is 7.05 Å². The second kappa shape index (κ2) is 5.11. The van der Waals surface area contributed by atoms with E-state index in [-0.39, 0.29) is 6.54 Å². The molecule has 0 rings (SSSR count). The first-order valence-corrected chi connectivity index (χ1v) is 4.03. The summed E-state index contributed by atoms with van der Waals surface area (Å²) < 4.78 is 0. The predicted molar refractivity (Wildman–Crippen MR) is 45.7 cm³/mol. The number of hydrogen-bond donors (Lipinski definition) is 2. The molecular weight excluding hydrogens is 158 g/mol. The Morgan fingerprint density at radius 2 is 2.00 bits per heavy atom. The monoisotopic (exact) mass is 175 g/mol. The molecule has 0 amide bonds. The molecule has 0 aliphatic heterocycles. The topological polar surface area (TPSA) is 60.8 Å². The highest BCUT2D eigenvalue weighted by Gasteiger charge is 2.14. The molecule has 0 aromatic carbocycles. The van der Waals surface area contributed by atoms with E-state index in [9.17, 15) is 9.90 Å². The van der Waals surface area contributed by atoms with Crippen LogP contribution in [0.3, 0.4) is 0 Å². The maximum absolute atomic E-state index is 10.2. The van der Waals surface area contributed by atoms with Gasteiger partial charge in [0.05, 0.1) is 6.54 Å².